The lowest BCUT2D eigenvalue weighted by Crippen LogP contribution is -2.15. The van der Waals surface area contributed by atoms with E-state index in [0.29, 0.717) is 0 Å². The van der Waals surface area contributed by atoms with E-state index in [2.05, 4.69) is 84.6 Å². The molecule has 102 valence electrons. The Morgan fingerprint density at radius 2 is 1.10 bits per heavy atom. The smallest absolute Gasteiger partial charge is 0.0601 e. The van der Waals surface area contributed by atoms with E-state index in [0.717, 1.165) is 0 Å². The first-order valence-corrected chi connectivity index (χ1v) is 7.88. The number of hydrogen-bond donors (Lipinski definition) is 0. The molecular weight excluding hydrogens is 274 g/mol. The van der Waals surface area contributed by atoms with Gasteiger partial charge in [-0.2, -0.15) is 0 Å². The van der Waals surface area contributed by atoms with E-state index in [1.165, 1.54) is 32.4 Å². The number of rotatable bonds is 1. The number of anilines is 3. The topological polar surface area (TPSA) is 3.24 Å². The van der Waals surface area contributed by atoms with Crippen molar-refractivity contribution in [1.82, 2.24) is 0 Å². The van der Waals surface area contributed by atoms with Crippen LogP contribution in [0, 0.1) is 6.92 Å². The molecule has 1 nitrogen and oxygen atoms in total. The van der Waals surface area contributed by atoms with Crippen LogP contribution in [0.1, 0.15) is 5.56 Å². The van der Waals surface area contributed by atoms with Crippen LogP contribution in [0.3, 0.4) is 0 Å². The quantitative estimate of drug-likeness (QED) is 0.427. The van der Waals surface area contributed by atoms with Gasteiger partial charge in [-0.3, -0.25) is 0 Å². The Morgan fingerprint density at radius 3 is 1.67 bits per heavy atom. The van der Waals surface area contributed by atoms with Crippen molar-refractivity contribution in [2.24, 2.45) is 0 Å². The van der Waals surface area contributed by atoms with Gasteiger partial charge in [-0.25, -0.2) is 0 Å². The molecule has 0 fully saturated rings. The summed E-state index contributed by atoms with van der Waals surface area (Å²) in [6, 6.07) is 25.8. The van der Waals surface area contributed by atoms with Gasteiger partial charge in [0.2, 0.25) is 0 Å². The zero-order valence-electron chi connectivity index (χ0n) is 11.8. The molecule has 1 heterocycles. The van der Waals surface area contributed by atoms with E-state index in [1.807, 2.05) is 11.8 Å². The summed E-state index contributed by atoms with van der Waals surface area (Å²) in [5.41, 5.74) is 5.05. The van der Waals surface area contributed by atoms with Gasteiger partial charge in [0.1, 0.15) is 0 Å². The average Bonchev–Trinajstić information content (AvgIpc) is 2.53. The second-order valence-electron chi connectivity index (χ2n) is 5.16. The van der Waals surface area contributed by atoms with Crippen molar-refractivity contribution in [3.05, 3.63) is 78.4 Å². The van der Waals surface area contributed by atoms with Crippen LogP contribution < -0.4 is 4.90 Å². The Bertz CT molecular complexity index is 749. The highest BCUT2D eigenvalue weighted by atomic mass is 32.2. The Morgan fingerprint density at radius 1 is 0.619 bits per heavy atom. The number of nitrogens with zero attached hydrogens (tertiary/aromatic N) is 1. The van der Waals surface area contributed by atoms with Crippen molar-refractivity contribution in [2.45, 2.75) is 16.7 Å². The zero-order chi connectivity index (χ0) is 14.2. The third-order valence-electron chi connectivity index (χ3n) is 3.79. The van der Waals surface area contributed by atoms with Gasteiger partial charge in [0, 0.05) is 15.5 Å². The summed E-state index contributed by atoms with van der Waals surface area (Å²) in [5.74, 6) is 0. The van der Waals surface area contributed by atoms with Crippen LogP contribution in [0.25, 0.3) is 0 Å². The lowest BCUT2D eigenvalue weighted by molar-refractivity contribution is 1.15. The molecule has 0 aromatic heterocycles. The second kappa shape index (κ2) is 4.97. The summed E-state index contributed by atoms with van der Waals surface area (Å²) in [5, 5.41) is 0. The molecule has 21 heavy (non-hydrogen) atoms. The van der Waals surface area contributed by atoms with Crippen LogP contribution in [-0.2, 0) is 0 Å². The molecule has 0 saturated heterocycles. The maximum atomic E-state index is 2.37. The summed E-state index contributed by atoms with van der Waals surface area (Å²) >= 11 is 1.85. The summed E-state index contributed by atoms with van der Waals surface area (Å²) in [6.45, 7) is 2.17. The minimum absolute atomic E-state index is 1.25. The molecule has 3 aromatic rings. The predicted molar refractivity (Wildman–Crippen MR) is 90.0 cm³/mol. The Labute approximate surface area is 129 Å². The molecule has 2 heteroatoms. The second-order valence-corrected chi connectivity index (χ2v) is 6.24. The summed E-state index contributed by atoms with van der Waals surface area (Å²) in [7, 11) is 0. The molecule has 1 aliphatic heterocycles. The van der Waals surface area contributed by atoms with Gasteiger partial charge in [0.15, 0.2) is 0 Å². The van der Waals surface area contributed by atoms with E-state index in [4.69, 9.17) is 0 Å². The van der Waals surface area contributed by atoms with Crippen LogP contribution in [0.5, 0.6) is 0 Å². The van der Waals surface area contributed by atoms with Crippen LogP contribution in [0.4, 0.5) is 17.1 Å². The SMILES string of the molecule is Cc1ccccc1N1c2ccccc2Sc2ccccc21. The highest BCUT2D eigenvalue weighted by molar-refractivity contribution is 7.99. The Kier molecular flexibility index (Phi) is 2.97. The zero-order valence-corrected chi connectivity index (χ0v) is 12.6. The molecule has 3 aromatic carbocycles. The van der Waals surface area contributed by atoms with Crippen molar-refractivity contribution in [1.29, 1.82) is 0 Å². The normalized spacial score (nSPS) is 12.7. The van der Waals surface area contributed by atoms with Crippen LogP contribution >= 0.6 is 11.8 Å². The summed E-state index contributed by atoms with van der Waals surface area (Å²) in [4.78, 5) is 4.98. The van der Waals surface area contributed by atoms with E-state index in [-0.39, 0.29) is 0 Å². The molecule has 0 bridgehead atoms. The molecule has 0 aliphatic carbocycles. The van der Waals surface area contributed by atoms with Gasteiger partial charge in [-0.15, -0.1) is 0 Å². The molecule has 0 amide bonds. The number of aryl methyl sites for hydroxylation is 1. The molecule has 0 radical (unpaired) electrons. The first kappa shape index (κ1) is 12.5. The van der Waals surface area contributed by atoms with Gasteiger partial charge in [0.25, 0.3) is 0 Å². The number of hydrogen-bond acceptors (Lipinski definition) is 2. The fourth-order valence-electron chi connectivity index (χ4n) is 2.78. The van der Waals surface area contributed by atoms with Crippen molar-refractivity contribution in [2.75, 3.05) is 4.90 Å². The molecule has 0 saturated carbocycles. The first-order valence-electron chi connectivity index (χ1n) is 7.06. The lowest BCUT2D eigenvalue weighted by atomic mass is 10.1. The predicted octanol–water partition coefficient (Wildman–Crippen LogP) is 5.93. The standard InChI is InChI=1S/C19H15NS/c1-14-8-2-3-9-15(14)20-16-10-4-6-12-18(16)21-19-13-7-5-11-17(19)20/h2-13H,1H3. The molecular formula is C19H15NS. The van der Waals surface area contributed by atoms with Gasteiger partial charge in [-0.05, 0) is 42.8 Å². The summed E-state index contributed by atoms with van der Waals surface area (Å²) in [6.07, 6.45) is 0. The van der Waals surface area contributed by atoms with E-state index < -0.39 is 0 Å². The largest absolute Gasteiger partial charge is 0.308 e. The maximum Gasteiger partial charge on any atom is 0.0601 e. The third kappa shape index (κ3) is 2.03. The minimum Gasteiger partial charge on any atom is -0.308 e. The van der Waals surface area contributed by atoms with E-state index in [1.54, 1.807) is 0 Å². The molecule has 0 N–H and O–H groups in total. The summed E-state index contributed by atoms with van der Waals surface area (Å²) < 4.78 is 0. The molecule has 1 aliphatic rings. The first-order chi connectivity index (χ1) is 10.3. The molecule has 0 atom stereocenters. The van der Waals surface area contributed by atoms with Crippen molar-refractivity contribution >= 4 is 28.8 Å². The van der Waals surface area contributed by atoms with Crippen molar-refractivity contribution < 1.29 is 0 Å². The third-order valence-corrected chi connectivity index (χ3v) is 4.92. The average molecular weight is 289 g/mol. The Balaban J connectivity index is 2.00. The molecule has 0 spiro atoms. The van der Waals surface area contributed by atoms with Crippen LogP contribution in [0.15, 0.2) is 82.6 Å². The van der Waals surface area contributed by atoms with Gasteiger partial charge in [-0.1, -0.05) is 54.2 Å². The highest BCUT2D eigenvalue weighted by Crippen LogP contribution is 2.51. The lowest BCUT2D eigenvalue weighted by Gasteiger charge is -2.33. The molecule has 0 unspecified atom stereocenters. The molecule has 4 rings (SSSR count). The van der Waals surface area contributed by atoms with Gasteiger partial charge >= 0.3 is 0 Å². The number of para-hydroxylation sites is 3. The minimum atomic E-state index is 1.25. The highest BCUT2D eigenvalue weighted by Gasteiger charge is 2.24. The van der Waals surface area contributed by atoms with Crippen LogP contribution in [-0.4, -0.2) is 0 Å². The maximum absolute atomic E-state index is 2.37. The fraction of sp³-hybridized carbons (Fsp3) is 0.0526. The van der Waals surface area contributed by atoms with Crippen molar-refractivity contribution in [3.63, 3.8) is 0 Å². The van der Waals surface area contributed by atoms with Gasteiger partial charge < -0.3 is 4.90 Å². The Hall–Kier alpha value is -2.19. The monoisotopic (exact) mass is 289 g/mol. The number of fused-ring (bicyclic) bond motifs is 2. The van der Waals surface area contributed by atoms with Crippen molar-refractivity contribution in [3.8, 4) is 0 Å². The van der Waals surface area contributed by atoms with E-state index in [9.17, 15) is 0 Å². The van der Waals surface area contributed by atoms with E-state index >= 15 is 0 Å². The van der Waals surface area contributed by atoms with Crippen LogP contribution in [0.2, 0.25) is 0 Å². The van der Waals surface area contributed by atoms with Gasteiger partial charge in [0.05, 0.1) is 11.4 Å². The number of benzene rings is 3. The fourth-order valence-corrected chi connectivity index (χ4v) is 3.84.